The van der Waals surface area contributed by atoms with Crippen molar-refractivity contribution < 1.29 is 4.74 Å². The Hall–Kier alpha value is -2.16. The molecule has 0 atom stereocenters. The van der Waals surface area contributed by atoms with Gasteiger partial charge in [0.2, 0.25) is 0 Å². The molecule has 2 aromatic carbocycles. The van der Waals surface area contributed by atoms with E-state index >= 15 is 0 Å². The Bertz CT molecular complexity index is 580. The lowest BCUT2D eigenvalue weighted by Gasteiger charge is -2.24. The van der Waals surface area contributed by atoms with Crippen molar-refractivity contribution >= 4 is 11.4 Å². The molecule has 1 N–H and O–H groups in total. The molecule has 0 spiro atoms. The number of methoxy groups -OCH3 is 1. The van der Waals surface area contributed by atoms with Crippen LogP contribution >= 0.6 is 0 Å². The molecule has 0 amide bonds. The van der Waals surface area contributed by atoms with E-state index in [1.54, 1.807) is 7.11 Å². The summed E-state index contributed by atoms with van der Waals surface area (Å²) in [4.78, 5) is 2.49. The van der Waals surface area contributed by atoms with Crippen molar-refractivity contribution in [3.8, 4) is 5.75 Å². The molecule has 0 aliphatic carbocycles. The Morgan fingerprint density at radius 1 is 1.10 bits per heavy atom. The van der Waals surface area contributed by atoms with Gasteiger partial charge in [0, 0.05) is 19.6 Å². The second-order valence-corrected chi connectivity index (χ2v) is 5.38. The number of ether oxygens (including phenoxy) is 1. The van der Waals surface area contributed by atoms with E-state index in [9.17, 15) is 0 Å². The Balaban J connectivity index is 1.69. The first-order chi connectivity index (χ1) is 10.4. The molecule has 3 heteroatoms. The first-order valence-electron chi connectivity index (χ1n) is 7.57. The number of benzene rings is 2. The Morgan fingerprint density at radius 2 is 1.90 bits per heavy atom. The smallest absolute Gasteiger partial charge is 0.118 e. The Morgan fingerprint density at radius 3 is 2.71 bits per heavy atom. The summed E-state index contributed by atoms with van der Waals surface area (Å²) in [5, 5.41) is 3.51. The highest BCUT2D eigenvalue weighted by Gasteiger charge is 2.13. The monoisotopic (exact) mass is 282 g/mol. The summed E-state index contributed by atoms with van der Waals surface area (Å²) >= 11 is 0. The van der Waals surface area contributed by atoms with Crippen LogP contribution in [-0.2, 0) is 6.42 Å². The number of nitrogens with zero attached hydrogens (tertiary/aromatic N) is 1. The maximum Gasteiger partial charge on any atom is 0.118 e. The minimum Gasteiger partial charge on any atom is -0.497 e. The molecule has 1 aliphatic heterocycles. The molecule has 0 fully saturated rings. The van der Waals surface area contributed by atoms with Crippen LogP contribution in [0.1, 0.15) is 12.0 Å². The van der Waals surface area contributed by atoms with Gasteiger partial charge in [-0.25, -0.2) is 0 Å². The van der Waals surface area contributed by atoms with Gasteiger partial charge in [0.05, 0.1) is 18.5 Å². The molecule has 0 saturated heterocycles. The van der Waals surface area contributed by atoms with E-state index in [0.717, 1.165) is 31.8 Å². The first-order valence-corrected chi connectivity index (χ1v) is 7.57. The second kappa shape index (κ2) is 6.53. The number of fused-ring (bicyclic) bond motifs is 1. The molecule has 1 heterocycles. The fourth-order valence-electron chi connectivity index (χ4n) is 2.80. The minimum atomic E-state index is 0.920. The van der Waals surface area contributed by atoms with E-state index in [0.29, 0.717) is 0 Å². The lowest BCUT2D eigenvalue weighted by molar-refractivity contribution is 0.414. The predicted octanol–water partition coefficient (Wildman–Crippen LogP) is 3.56. The normalized spacial score (nSPS) is 14.0. The topological polar surface area (TPSA) is 24.5 Å². The van der Waals surface area contributed by atoms with Gasteiger partial charge in [0.1, 0.15) is 5.75 Å². The molecule has 0 unspecified atom stereocenters. The van der Waals surface area contributed by atoms with Crippen LogP contribution in [0.2, 0.25) is 0 Å². The van der Waals surface area contributed by atoms with Gasteiger partial charge in [-0.1, -0.05) is 24.3 Å². The summed E-state index contributed by atoms with van der Waals surface area (Å²) in [5.41, 5.74) is 3.93. The molecular weight excluding hydrogens is 260 g/mol. The van der Waals surface area contributed by atoms with Crippen LogP contribution < -0.4 is 15.0 Å². The molecule has 0 saturated carbocycles. The van der Waals surface area contributed by atoms with Crippen molar-refractivity contribution in [3.63, 3.8) is 0 Å². The lowest BCUT2D eigenvalue weighted by atomic mass is 10.1. The van der Waals surface area contributed by atoms with Crippen molar-refractivity contribution in [1.82, 2.24) is 0 Å². The largest absolute Gasteiger partial charge is 0.497 e. The maximum atomic E-state index is 5.21. The number of para-hydroxylation sites is 2. The molecule has 21 heavy (non-hydrogen) atoms. The average molecular weight is 282 g/mol. The third-order valence-electron chi connectivity index (χ3n) is 3.99. The molecule has 1 aliphatic rings. The molecule has 2 aromatic rings. The first kappa shape index (κ1) is 13.8. The van der Waals surface area contributed by atoms with E-state index in [1.165, 1.54) is 23.4 Å². The summed E-state index contributed by atoms with van der Waals surface area (Å²) in [6, 6.07) is 17.0. The molecule has 0 aromatic heterocycles. The average Bonchev–Trinajstić information content (AvgIpc) is 2.76. The summed E-state index contributed by atoms with van der Waals surface area (Å²) in [6.45, 7) is 3.21. The third kappa shape index (κ3) is 3.30. The molecular formula is C18H22N2O. The highest BCUT2D eigenvalue weighted by atomic mass is 16.5. The Labute approximate surface area is 126 Å². The van der Waals surface area contributed by atoms with Crippen molar-refractivity contribution in [2.24, 2.45) is 0 Å². The van der Waals surface area contributed by atoms with Gasteiger partial charge in [-0.3, -0.25) is 0 Å². The summed E-state index contributed by atoms with van der Waals surface area (Å²) in [5.74, 6) is 0.920. The van der Waals surface area contributed by atoms with Crippen molar-refractivity contribution in [2.75, 3.05) is 37.0 Å². The van der Waals surface area contributed by atoms with Crippen LogP contribution in [0, 0.1) is 0 Å². The van der Waals surface area contributed by atoms with Crippen molar-refractivity contribution in [2.45, 2.75) is 12.8 Å². The molecule has 3 rings (SSSR count). The quantitative estimate of drug-likeness (QED) is 0.928. The van der Waals surface area contributed by atoms with E-state index in [-0.39, 0.29) is 0 Å². The van der Waals surface area contributed by atoms with Crippen LogP contribution in [0.4, 0.5) is 11.4 Å². The summed E-state index contributed by atoms with van der Waals surface area (Å²) < 4.78 is 5.21. The van der Waals surface area contributed by atoms with Crippen LogP contribution in [0.25, 0.3) is 0 Å². The number of rotatable bonds is 4. The fourth-order valence-corrected chi connectivity index (χ4v) is 2.80. The Kier molecular flexibility index (Phi) is 4.29. The van der Waals surface area contributed by atoms with Gasteiger partial charge in [-0.2, -0.15) is 0 Å². The molecule has 0 radical (unpaired) electrons. The standard InChI is InChI=1S/C18H22N2O/c1-21-16-9-7-15(8-10-16)11-14-20-13-4-12-19-17-5-2-3-6-18(17)20/h2-3,5-10,19H,4,11-14H2,1H3. The van der Waals surface area contributed by atoms with Gasteiger partial charge in [-0.05, 0) is 42.7 Å². The highest BCUT2D eigenvalue weighted by molar-refractivity contribution is 5.70. The van der Waals surface area contributed by atoms with E-state index < -0.39 is 0 Å². The minimum absolute atomic E-state index is 0.920. The number of hydrogen-bond donors (Lipinski definition) is 1. The predicted molar refractivity (Wildman–Crippen MR) is 88.5 cm³/mol. The van der Waals surface area contributed by atoms with Gasteiger partial charge < -0.3 is 15.0 Å². The van der Waals surface area contributed by atoms with E-state index in [4.69, 9.17) is 4.74 Å². The van der Waals surface area contributed by atoms with Crippen molar-refractivity contribution in [3.05, 3.63) is 54.1 Å². The lowest BCUT2D eigenvalue weighted by Crippen LogP contribution is -2.26. The van der Waals surface area contributed by atoms with Crippen molar-refractivity contribution in [1.29, 1.82) is 0 Å². The van der Waals surface area contributed by atoms with Crippen LogP contribution in [0.15, 0.2) is 48.5 Å². The van der Waals surface area contributed by atoms with Gasteiger partial charge in [0.25, 0.3) is 0 Å². The van der Waals surface area contributed by atoms with Gasteiger partial charge >= 0.3 is 0 Å². The SMILES string of the molecule is COc1ccc(CCN2CCCNc3ccccc32)cc1. The summed E-state index contributed by atoms with van der Waals surface area (Å²) in [6.07, 6.45) is 2.23. The molecule has 110 valence electrons. The number of hydrogen-bond acceptors (Lipinski definition) is 3. The summed E-state index contributed by atoms with van der Waals surface area (Å²) in [7, 11) is 1.70. The van der Waals surface area contributed by atoms with Gasteiger partial charge in [-0.15, -0.1) is 0 Å². The molecule has 3 nitrogen and oxygen atoms in total. The maximum absolute atomic E-state index is 5.21. The van der Waals surface area contributed by atoms with Crippen LogP contribution in [-0.4, -0.2) is 26.7 Å². The molecule has 0 bridgehead atoms. The van der Waals surface area contributed by atoms with E-state index in [2.05, 4.69) is 46.6 Å². The zero-order valence-corrected chi connectivity index (χ0v) is 12.5. The third-order valence-corrected chi connectivity index (χ3v) is 3.99. The number of nitrogens with one attached hydrogen (secondary N) is 1. The van der Waals surface area contributed by atoms with Gasteiger partial charge in [0.15, 0.2) is 0 Å². The van der Waals surface area contributed by atoms with E-state index in [1.807, 2.05) is 12.1 Å². The fraction of sp³-hybridized carbons (Fsp3) is 0.333. The van der Waals surface area contributed by atoms with Crippen LogP contribution in [0.5, 0.6) is 5.75 Å². The van der Waals surface area contributed by atoms with Crippen LogP contribution in [0.3, 0.4) is 0 Å². The zero-order valence-electron chi connectivity index (χ0n) is 12.5. The number of anilines is 2. The highest BCUT2D eigenvalue weighted by Crippen LogP contribution is 2.28. The zero-order chi connectivity index (χ0) is 14.5. The second-order valence-electron chi connectivity index (χ2n) is 5.38.